The van der Waals surface area contributed by atoms with Gasteiger partial charge >= 0.3 is 6.03 Å². The van der Waals surface area contributed by atoms with E-state index in [1.165, 1.54) is 5.56 Å². The van der Waals surface area contributed by atoms with Gasteiger partial charge < -0.3 is 0 Å². The van der Waals surface area contributed by atoms with Crippen LogP contribution in [0.3, 0.4) is 0 Å². The number of carbonyl (C=O) groups excluding carboxylic acids is 1. The number of amides is 2. The zero-order valence-electron chi connectivity index (χ0n) is 7.79. The summed E-state index contributed by atoms with van der Waals surface area (Å²) in [6.07, 6.45) is 0.853. The van der Waals surface area contributed by atoms with E-state index in [0.29, 0.717) is 6.54 Å². The van der Waals surface area contributed by atoms with Crippen LogP contribution in [0.2, 0.25) is 0 Å². The molecule has 2 amide bonds. The van der Waals surface area contributed by atoms with Gasteiger partial charge in [-0.2, -0.15) is 0 Å². The second-order valence-corrected chi connectivity index (χ2v) is 2.76. The Morgan fingerprint density at radius 2 is 2.00 bits per heavy atom. The van der Waals surface area contributed by atoms with Crippen LogP contribution in [-0.4, -0.2) is 12.6 Å². The molecule has 5 N–H and O–H groups in total. The molecule has 14 heavy (non-hydrogen) atoms. The van der Waals surface area contributed by atoms with Crippen molar-refractivity contribution in [2.75, 3.05) is 6.54 Å². The maximum absolute atomic E-state index is 10.6. The largest absolute Gasteiger partial charge is 0.343 e. The summed E-state index contributed by atoms with van der Waals surface area (Å²) in [5.41, 5.74) is 8.29. The standard InChI is InChI=1S/C9H14N4O/c10-12-9(14)13-11-7-6-8-4-2-1-3-5-8/h1-5,11H,6-7,10H2,(H2,12,13,14). The van der Waals surface area contributed by atoms with Crippen molar-refractivity contribution >= 4 is 6.03 Å². The van der Waals surface area contributed by atoms with Gasteiger partial charge in [0, 0.05) is 6.54 Å². The number of benzene rings is 1. The van der Waals surface area contributed by atoms with Crippen LogP contribution in [0.5, 0.6) is 0 Å². The van der Waals surface area contributed by atoms with Gasteiger partial charge in [-0.15, -0.1) is 0 Å². The molecule has 5 nitrogen and oxygen atoms in total. The van der Waals surface area contributed by atoms with Gasteiger partial charge in [-0.3, -0.25) is 10.9 Å². The summed E-state index contributed by atoms with van der Waals surface area (Å²) in [7, 11) is 0. The quantitative estimate of drug-likeness (QED) is 0.234. The Kier molecular flexibility index (Phi) is 4.46. The molecule has 5 heteroatoms. The molecule has 1 aromatic carbocycles. The van der Waals surface area contributed by atoms with Crippen molar-refractivity contribution in [3.63, 3.8) is 0 Å². The van der Waals surface area contributed by atoms with E-state index in [1.54, 1.807) is 0 Å². The highest BCUT2D eigenvalue weighted by atomic mass is 16.2. The molecule has 0 unspecified atom stereocenters. The predicted octanol–water partition coefficient (Wildman–Crippen LogP) is -0.0934. The van der Waals surface area contributed by atoms with Crippen LogP contribution in [0.4, 0.5) is 4.79 Å². The highest BCUT2D eigenvalue weighted by molar-refractivity contribution is 5.72. The first kappa shape index (κ1) is 10.5. The number of nitrogens with two attached hydrogens (primary N) is 1. The van der Waals surface area contributed by atoms with E-state index in [4.69, 9.17) is 5.84 Å². The third kappa shape index (κ3) is 3.88. The number of hydrogen-bond acceptors (Lipinski definition) is 3. The molecule has 0 atom stereocenters. The van der Waals surface area contributed by atoms with Crippen LogP contribution >= 0.6 is 0 Å². The number of hydrogen-bond donors (Lipinski definition) is 4. The van der Waals surface area contributed by atoms with Crippen molar-refractivity contribution in [3.8, 4) is 0 Å². The Labute approximate surface area is 82.6 Å². The minimum Gasteiger partial charge on any atom is -0.275 e. The van der Waals surface area contributed by atoms with E-state index in [-0.39, 0.29) is 0 Å². The lowest BCUT2D eigenvalue weighted by Crippen LogP contribution is -2.47. The van der Waals surface area contributed by atoms with E-state index in [1.807, 2.05) is 35.8 Å². The summed E-state index contributed by atoms with van der Waals surface area (Å²) in [4.78, 5) is 10.6. The molecular weight excluding hydrogens is 180 g/mol. The summed E-state index contributed by atoms with van der Waals surface area (Å²) in [6, 6.07) is 9.55. The number of urea groups is 1. The monoisotopic (exact) mass is 194 g/mol. The molecular formula is C9H14N4O. The van der Waals surface area contributed by atoms with Gasteiger partial charge in [0.25, 0.3) is 0 Å². The first-order chi connectivity index (χ1) is 6.83. The molecule has 1 rings (SSSR count). The van der Waals surface area contributed by atoms with Gasteiger partial charge in [-0.05, 0) is 12.0 Å². The topological polar surface area (TPSA) is 79.2 Å². The summed E-state index contributed by atoms with van der Waals surface area (Å²) in [5, 5.41) is 0. The Morgan fingerprint density at radius 3 is 2.64 bits per heavy atom. The number of nitrogens with one attached hydrogen (secondary N) is 3. The maximum Gasteiger partial charge on any atom is 0.343 e. The SMILES string of the molecule is NNC(=O)NNCCc1ccccc1. The molecule has 0 saturated carbocycles. The van der Waals surface area contributed by atoms with Crippen molar-refractivity contribution in [2.24, 2.45) is 5.84 Å². The van der Waals surface area contributed by atoms with Crippen molar-refractivity contribution in [2.45, 2.75) is 6.42 Å². The number of carbonyl (C=O) groups is 1. The molecule has 0 radical (unpaired) electrons. The van der Waals surface area contributed by atoms with Crippen molar-refractivity contribution in [3.05, 3.63) is 35.9 Å². The fourth-order valence-electron chi connectivity index (χ4n) is 1.03. The second kappa shape index (κ2) is 5.95. The van der Waals surface area contributed by atoms with Crippen LogP contribution < -0.4 is 22.1 Å². The van der Waals surface area contributed by atoms with Crippen molar-refractivity contribution < 1.29 is 4.79 Å². The minimum atomic E-state index is -0.446. The zero-order valence-corrected chi connectivity index (χ0v) is 7.79. The van der Waals surface area contributed by atoms with Gasteiger partial charge in [0.05, 0.1) is 0 Å². The third-order valence-corrected chi connectivity index (χ3v) is 1.71. The number of hydrazine groups is 2. The fourth-order valence-corrected chi connectivity index (χ4v) is 1.03. The summed E-state index contributed by atoms with van der Waals surface area (Å²) in [6.45, 7) is 0.664. The van der Waals surface area contributed by atoms with Gasteiger partial charge in [0.15, 0.2) is 0 Å². The normalized spacial score (nSPS) is 9.50. The molecule has 0 spiro atoms. The van der Waals surface area contributed by atoms with E-state index < -0.39 is 6.03 Å². The van der Waals surface area contributed by atoms with Gasteiger partial charge in [-0.25, -0.2) is 16.1 Å². The highest BCUT2D eigenvalue weighted by Gasteiger charge is 1.94. The van der Waals surface area contributed by atoms with Crippen molar-refractivity contribution in [1.29, 1.82) is 0 Å². The van der Waals surface area contributed by atoms with E-state index in [9.17, 15) is 4.79 Å². The summed E-state index contributed by atoms with van der Waals surface area (Å²) < 4.78 is 0. The average molecular weight is 194 g/mol. The molecule has 1 aromatic rings. The second-order valence-electron chi connectivity index (χ2n) is 2.76. The molecule has 0 aromatic heterocycles. The van der Waals surface area contributed by atoms with Gasteiger partial charge in [0.2, 0.25) is 0 Å². The number of rotatable bonds is 4. The third-order valence-electron chi connectivity index (χ3n) is 1.71. The zero-order chi connectivity index (χ0) is 10.2. The smallest absolute Gasteiger partial charge is 0.275 e. The Hall–Kier alpha value is -1.59. The Balaban J connectivity index is 2.13. The summed E-state index contributed by atoms with van der Waals surface area (Å²) in [5.74, 6) is 4.86. The lowest BCUT2D eigenvalue weighted by atomic mass is 10.2. The van der Waals surface area contributed by atoms with Crippen LogP contribution in [-0.2, 0) is 6.42 Å². The van der Waals surface area contributed by atoms with Crippen LogP contribution in [0.1, 0.15) is 5.56 Å². The molecule has 0 heterocycles. The molecule has 0 saturated heterocycles. The summed E-state index contributed by atoms with van der Waals surface area (Å²) >= 11 is 0. The van der Waals surface area contributed by atoms with Gasteiger partial charge in [0.1, 0.15) is 0 Å². The average Bonchev–Trinajstić information content (AvgIpc) is 2.25. The Morgan fingerprint density at radius 1 is 1.29 bits per heavy atom. The lowest BCUT2D eigenvalue weighted by Gasteiger charge is -2.05. The maximum atomic E-state index is 10.6. The molecule has 0 aliphatic heterocycles. The lowest BCUT2D eigenvalue weighted by molar-refractivity contribution is 0.237. The van der Waals surface area contributed by atoms with E-state index >= 15 is 0 Å². The fraction of sp³-hybridized carbons (Fsp3) is 0.222. The predicted molar refractivity (Wildman–Crippen MR) is 54.0 cm³/mol. The molecule has 0 fully saturated rings. The van der Waals surface area contributed by atoms with E-state index in [2.05, 4.69) is 10.9 Å². The first-order valence-electron chi connectivity index (χ1n) is 4.36. The van der Waals surface area contributed by atoms with Crippen LogP contribution in [0.15, 0.2) is 30.3 Å². The minimum absolute atomic E-state index is 0.446. The first-order valence-corrected chi connectivity index (χ1v) is 4.36. The van der Waals surface area contributed by atoms with Gasteiger partial charge in [-0.1, -0.05) is 30.3 Å². The van der Waals surface area contributed by atoms with E-state index in [0.717, 1.165) is 6.42 Å². The highest BCUT2D eigenvalue weighted by Crippen LogP contribution is 1.97. The molecule has 76 valence electrons. The molecule has 0 aliphatic rings. The van der Waals surface area contributed by atoms with Crippen LogP contribution in [0.25, 0.3) is 0 Å². The van der Waals surface area contributed by atoms with Crippen LogP contribution in [0, 0.1) is 0 Å². The molecule has 0 aliphatic carbocycles. The Bertz CT molecular complexity index is 275. The molecule has 0 bridgehead atoms. The van der Waals surface area contributed by atoms with Crippen molar-refractivity contribution in [1.82, 2.24) is 16.3 Å².